The lowest BCUT2D eigenvalue weighted by molar-refractivity contribution is -0.138. The Morgan fingerprint density at radius 1 is 1.45 bits per heavy atom. The molecule has 3 heterocycles. The van der Waals surface area contributed by atoms with E-state index in [2.05, 4.69) is 15.8 Å². The van der Waals surface area contributed by atoms with Gasteiger partial charge in [-0.2, -0.15) is 0 Å². The van der Waals surface area contributed by atoms with E-state index in [1.807, 2.05) is 23.1 Å². The first kappa shape index (κ1) is 13.3. The second-order valence-electron chi connectivity index (χ2n) is 5.23. The van der Waals surface area contributed by atoms with Crippen LogP contribution in [0.15, 0.2) is 24.4 Å². The van der Waals surface area contributed by atoms with E-state index >= 15 is 0 Å². The molecule has 2 aliphatic rings. The van der Waals surface area contributed by atoms with Crippen LogP contribution in [0.2, 0.25) is 0 Å². The van der Waals surface area contributed by atoms with Gasteiger partial charge in [-0.15, -0.1) is 0 Å². The van der Waals surface area contributed by atoms with Crippen LogP contribution in [0.3, 0.4) is 0 Å². The Bertz CT molecular complexity index is 470. The number of hydrazine groups is 1. The van der Waals surface area contributed by atoms with Gasteiger partial charge in [0, 0.05) is 37.3 Å². The Labute approximate surface area is 116 Å². The molecule has 3 rings (SSSR count). The van der Waals surface area contributed by atoms with Gasteiger partial charge in [0.15, 0.2) is 0 Å². The van der Waals surface area contributed by atoms with Gasteiger partial charge in [0.25, 0.3) is 0 Å². The van der Waals surface area contributed by atoms with Gasteiger partial charge in [-0.25, -0.2) is 4.98 Å². The first-order valence-corrected chi connectivity index (χ1v) is 6.71. The van der Waals surface area contributed by atoms with Crippen LogP contribution in [0.1, 0.15) is 0 Å². The molecular formula is C13H18N4O3. The highest BCUT2D eigenvalue weighted by Gasteiger charge is 2.43. The molecular weight excluding hydrogens is 260 g/mol. The number of carboxylic acid groups (broad SMARTS) is 1. The summed E-state index contributed by atoms with van der Waals surface area (Å²) in [5.74, 6) is 0.190. The summed E-state index contributed by atoms with van der Waals surface area (Å²) in [5.41, 5.74) is 6.45. The molecule has 0 radical (unpaired) electrons. The van der Waals surface area contributed by atoms with Crippen LogP contribution in [0, 0.1) is 5.92 Å². The van der Waals surface area contributed by atoms with Gasteiger partial charge in [0.05, 0.1) is 12.6 Å². The number of nitrogens with one attached hydrogen (secondary N) is 2. The second-order valence-corrected chi connectivity index (χ2v) is 5.23. The average Bonchev–Trinajstić information content (AvgIpc) is 2.97. The van der Waals surface area contributed by atoms with Crippen molar-refractivity contribution in [2.45, 2.75) is 12.1 Å². The molecule has 0 spiro atoms. The molecule has 0 aliphatic carbocycles. The van der Waals surface area contributed by atoms with Gasteiger partial charge in [-0.3, -0.25) is 20.5 Å². The number of rotatable bonds is 5. The number of carboxylic acids is 1. The lowest BCUT2D eigenvalue weighted by Crippen LogP contribution is -2.42. The number of ether oxygens (including phenoxy) is 1. The highest BCUT2D eigenvalue weighted by atomic mass is 16.5. The van der Waals surface area contributed by atoms with Gasteiger partial charge in [-0.1, -0.05) is 6.07 Å². The number of aliphatic carboxylic acids is 1. The zero-order chi connectivity index (χ0) is 13.9. The van der Waals surface area contributed by atoms with E-state index in [9.17, 15) is 4.79 Å². The highest BCUT2D eigenvalue weighted by Crippen LogP contribution is 2.24. The Morgan fingerprint density at radius 3 is 3.10 bits per heavy atom. The zero-order valence-electron chi connectivity index (χ0n) is 11.0. The minimum absolute atomic E-state index is 0.0997. The molecule has 3 N–H and O–H groups in total. The van der Waals surface area contributed by atoms with Crippen LogP contribution < -0.4 is 15.6 Å². The van der Waals surface area contributed by atoms with Gasteiger partial charge >= 0.3 is 5.97 Å². The van der Waals surface area contributed by atoms with Crippen LogP contribution >= 0.6 is 0 Å². The zero-order valence-corrected chi connectivity index (χ0v) is 11.0. The van der Waals surface area contributed by atoms with Crippen molar-refractivity contribution in [3.63, 3.8) is 0 Å². The number of carbonyl (C=O) groups is 1. The molecule has 2 fully saturated rings. The number of hydrogen-bond acceptors (Lipinski definition) is 6. The van der Waals surface area contributed by atoms with Crippen molar-refractivity contribution in [2.75, 3.05) is 26.2 Å². The monoisotopic (exact) mass is 278 g/mol. The Kier molecular flexibility index (Phi) is 3.81. The van der Waals surface area contributed by atoms with E-state index in [1.165, 1.54) is 0 Å². The van der Waals surface area contributed by atoms with Gasteiger partial charge in [0.2, 0.25) is 5.88 Å². The van der Waals surface area contributed by atoms with Crippen molar-refractivity contribution in [3.8, 4) is 5.88 Å². The quantitative estimate of drug-likeness (QED) is 0.658. The first-order valence-electron chi connectivity index (χ1n) is 6.71. The summed E-state index contributed by atoms with van der Waals surface area (Å²) in [6, 6.07) is 6.01. The van der Waals surface area contributed by atoms with Crippen molar-refractivity contribution in [3.05, 3.63) is 24.4 Å². The number of fused-ring (bicyclic) bond motifs is 1. The van der Waals surface area contributed by atoms with Crippen LogP contribution in [0.25, 0.3) is 0 Å². The molecule has 7 heteroatoms. The summed E-state index contributed by atoms with van der Waals surface area (Å²) >= 11 is 0. The van der Waals surface area contributed by atoms with E-state index in [-0.39, 0.29) is 18.6 Å². The molecule has 0 amide bonds. The predicted octanol–water partition coefficient (Wildman–Crippen LogP) is -0.678. The van der Waals surface area contributed by atoms with Crippen LogP contribution in [0.4, 0.5) is 0 Å². The molecule has 20 heavy (non-hydrogen) atoms. The predicted molar refractivity (Wildman–Crippen MR) is 71.1 cm³/mol. The maximum atomic E-state index is 10.8. The molecule has 2 saturated heterocycles. The van der Waals surface area contributed by atoms with Gasteiger partial charge < -0.3 is 9.84 Å². The number of nitrogens with zero attached hydrogens (tertiary/aromatic N) is 2. The molecule has 0 bridgehead atoms. The lowest BCUT2D eigenvalue weighted by Gasteiger charge is -2.19. The van der Waals surface area contributed by atoms with Crippen LogP contribution in [0.5, 0.6) is 5.88 Å². The minimum Gasteiger partial charge on any atom is -0.480 e. The maximum absolute atomic E-state index is 10.8. The summed E-state index contributed by atoms with van der Waals surface area (Å²) in [4.78, 5) is 16.8. The minimum atomic E-state index is -0.779. The Morgan fingerprint density at radius 2 is 2.35 bits per heavy atom. The molecule has 108 valence electrons. The Balaban J connectivity index is 1.53. The summed E-state index contributed by atoms with van der Waals surface area (Å²) in [6.45, 7) is 2.14. The van der Waals surface area contributed by atoms with Crippen LogP contribution in [-0.2, 0) is 4.79 Å². The Hall–Kier alpha value is -1.70. The highest BCUT2D eigenvalue weighted by molar-refractivity contribution is 5.69. The van der Waals surface area contributed by atoms with Gasteiger partial charge in [-0.05, 0) is 6.07 Å². The number of aromatic nitrogens is 1. The van der Waals surface area contributed by atoms with Crippen molar-refractivity contribution in [2.24, 2.45) is 5.92 Å². The van der Waals surface area contributed by atoms with E-state index < -0.39 is 5.97 Å². The summed E-state index contributed by atoms with van der Waals surface area (Å²) < 4.78 is 5.67. The third-order valence-electron chi connectivity index (χ3n) is 3.82. The molecule has 3 unspecified atom stereocenters. The van der Waals surface area contributed by atoms with E-state index in [4.69, 9.17) is 9.84 Å². The third-order valence-corrected chi connectivity index (χ3v) is 3.82. The summed E-state index contributed by atoms with van der Waals surface area (Å²) in [7, 11) is 0. The van der Waals surface area contributed by atoms with Crippen molar-refractivity contribution >= 4 is 5.97 Å². The first-order chi connectivity index (χ1) is 9.72. The van der Waals surface area contributed by atoms with E-state index in [0.29, 0.717) is 18.4 Å². The number of likely N-dealkylation sites (tertiary alicyclic amines) is 1. The van der Waals surface area contributed by atoms with Crippen LogP contribution in [-0.4, -0.2) is 59.3 Å². The normalized spacial score (nSPS) is 29.3. The average molecular weight is 278 g/mol. The molecule has 1 aromatic heterocycles. The molecule has 2 aliphatic heterocycles. The smallest absolute Gasteiger partial charge is 0.317 e. The summed E-state index contributed by atoms with van der Waals surface area (Å²) in [5, 5.41) is 8.84. The number of pyridine rings is 1. The molecule has 1 aromatic rings. The van der Waals surface area contributed by atoms with Crippen molar-refractivity contribution < 1.29 is 14.6 Å². The topological polar surface area (TPSA) is 86.7 Å². The fraction of sp³-hybridized carbons (Fsp3) is 0.538. The molecule has 3 atom stereocenters. The van der Waals surface area contributed by atoms with Gasteiger partial charge in [0.1, 0.15) is 6.61 Å². The third kappa shape index (κ3) is 2.90. The molecule has 7 nitrogen and oxygen atoms in total. The number of hydrogen-bond donors (Lipinski definition) is 3. The maximum Gasteiger partial charge on any atom is 0.317 e. The van der Waals surface area contributed by atoms with Crippen molar-refractivity contribution in [1.29, 1.82) is 0 Å². The second kappa shape index (κ2) is 5.74. The molecule has 0 aromatic carbocycles. The molecule has 0 saturated carbocycles. The van der Waals surface area contributed by atoms with E-state index in [1.54, 1.807) is 6.20 Å². The van der Waals surface area contributed by atoms with E-state index in [0.717, 1.165) is 13.1 Å². The fourth-order valence-corrected chi connectivity index (χ4v) is 2.89. The fourth-order valence-electron chi connectivity index (χ4n) is 2.89. The largest absolute Gasteiger partial charge is 0.480 e. The lowest BCUT2D eigenvalue weighted by atomic mass is 9.98. The standard InChI is InChI=1S/C13H18N4O3/c18-13(19)7-17-5-9-10(6-17)15-16-11(9)8-20-12-3-1-2-4-14-12/h1-4,9-11,15-16H,5-8H2,(H,18,19). The summed E-state index contributed by atoms with van der Waals surface area (Å²) in [6.07, 6.45) is 1.70. The van der Waals surface area contributed by atoms with Crippen molar-refractivity contribution in [1.82, 2.24) is 20.7 Å². The SMILES string of the molecule is O=C(O)CN1CC2NNC(COc3ccccn3)C2C1.